The van der Waals surface area contributed by atoms with Crippen molar-refractivity contribution in [2.24, 2.45) is 0 Å². The van der Waals surface area contributed by atoms with Gasteiger partial charge in [0.15, 0.2) is 6.61 Å². The number of carbonyl (C=O) groups excluding carboxylic acids is 4. The molecule has 184 valence electrons. The second kappa shape index (κ2) is 9.09. The molecule has 2 heterocycles. The lowest BCUT2D eigenvalue weighted by atomic mass is 9.95. The van der Waals surface area contributed by atoms with Gasteiger partial charge < -0.3 is 14.4 Å². The van der Waals surface area contributed by atoms with Gasteiger partial charge in [0.1, 0.15) is 5.75 Å². The predicted octanol–water partition coefficient (Wildman–Crippen LogP) is 3.71. The van der Waals surface area contributed by atoms with E-state index in [1.54, 1.807) is 45.0 Å². The minimum atomic E-state index is -3.14. The summed E-state index contributed by atoms with van der Waals surface area (Å²) in [5.74, 6) is -2.84. The number of para-hydroxylation sites is 1. The smallest absolute Gasteiger partial charge is 0.387 e. The number of ether oxygens (including phenoxy) is 2. The van der Waals surface area contributed by atoms with Gasteiger partial charge in [-0.3, -0.25) is 19.3 Å². The molecule has 0 aliphatic carbocycles. The van der Waals surface area contributed by atoms with Crippen LogP contribution in [0.15, 0.2) is 42.5 Å². The lowest BCUT2D eigenvalue weighted by Gasteiger charge is -2.50. The van der Waals surface area contributed by atoms with E-state index in [4.69, 9.17) is 4.74 Å². The summed E-state index contributed by atoms with van der Waals surface area (Å²) in [6.07, 6.45) is -0.0144. The molecule has 0 spiro atoms. The van der Waals surface area contributed by atoms with Crippen molar-refractivity contribution in [2.45, 2.75) is 51.9 Å². The number of fused-ring (bicyclic) bond motifs is 3. The van der Waals surface area contributed by atoms with Crippen LogP contribution in [0.5, 0.6) is 5.75 Å². The maximum absolute atomic E-state index is 13.6. The van der Waals surface area contributed by atoms with Gasteiger partial charge in [-0.2, -0.15) is 8.78 Å². The molecule has 1 atom stereocenters. The highest BCUT2D eigenvalue weighted by atomic mass is 19.3. The zero-order chi connectivity index (χ0) is 25.5. The van der Waals surface area contributed by atoms with Gasteiger partial charge in [0.2, 0.25) is 17.4 Å². The number of amides is 2. The Kier molecular flexibility index (Phi) is 6.31. The topological polar surface area (TPSA) is 93.2 Å². The van der Waals surface area contributed by atoms with Gasteiger partial charge in [0.05, 0.1) is 16.8 Å². The fraction of sp³-hybridized carbons (Fsp3) is 0.360. The molecule has 0 aromatic heterocycles. The zero-order valence-corrected chi connectivity index (χ0v) is 19.4. The van der Waals surface area contributed by atoms with E-state index in [-0.39, 0.29) is 35.6 Å². The molecule has 1 unspecified atom stereocenters. The number of benzene rings is 2. The molecule has 0 N–H and O–H groups in total. The third kappa shape index (κ3) is 4.02. The molecular weight excluding hydrogens is 462 g/mol. The van der Waals surface area contributed by atoms with Crippen molar-refractivity contribution >= 4 is 29.3 Å². The van der Waals surface area contributed by atoms with Crippen molar-refractivity contribution in [1.82, 2.24) is 4.90 Å². The van der Waals surface area contributed by atoms with Crippen LogP contribution >= 0.6 is 0 Å². The Hall–Kier alpha value is -3.82. The van der Waals surface area contributed by atoms with Crippen molar-refractivity contribution in [2.75, 3.05) is 11.5 Å². The van der Waals surface area contributed by atoms with E-state index in [1.807, 2.05) is 0 Å². The number of hydrogen-bond donors (Lipinski definition) is 0. The van der Waals surface area contributed by atoms with Gasteiger partial charge in [-0.15, -0.1) is 0 Å². The first-order chi connectivity index (χ1) is 16.6. The van der Waals surface area contributed by atoms with Crippen LogP contribution in [0.4, 0.5) is 14.5 Å². The quantitative estimate of drug-likeness (QED) is 0.438. The van der Waals surface area contributed by atoms with Crippen LogP contribution in [0.2, 0.25) is 0 Å². The molecule has 2 aromatic carbocycles. The van der Waals surface area contributed by atoms with Crippen molar-refractivity contribution in [3.05, 3.63) is 59.2 Å². The first-order valence-corrected chi connectivity index (χ1v) is 11.1. The summed E-state index contributed by atoms with van der Waals surface area (Å²) >= 11 is 0. The highest BCUT2D eigenvalue weighted by molar-refractivity contribution is 6.16. The Bertz CT molecular complexity index is 1210. The Balaban J connectivity index is 1.67. The standard InChI is InChI=1S/C25H24F2N2O6/c1-14(2)28-22(32)16-6-4-5-7-18(16)29-21(31)10-11-25(28,29)23(33)34-13-19(30)17-12-15(3)8-9-20(17)35-24(26)27/h4-9,12,14,24H,10-11,13H2,1-3H3. The number of nitrogens with zero attached hydrogens (tertiary/aromatic N) is 2. The molecule has 2 aromatic rings. The average molecular weight is 486 g/mol. The maximum Gasteiger partial charge on any atom is 0.387 e. The molecule has 0 bridgehead atoms. The first-order valence-electron chi connectivity index (χ1n) is 11.1. The molecule has 35 heavy (non-hydrogen) atoms. The number of anilines is 1. The minimum absolute atomic E-state index is 0.00185. The molecule has 4 rings (SSSR count). The first kappa shape index (κ1) is 24.3. The van der Waals surface area contributed by atoms with E-state index >= 15 is 0 Å². The fourth-order valence-corrected chi connectivity index (χ4v) is 4.76. The lowest BCUT2D eigenvalue weighted by Crippen LogP contribution is -2.70. The van der Waals surface area contributed by atoms with E-state index in [0.717, 1.165) is 0 Å². The number of ketones is 1. The van der Waals surface area contributed by atoms with Gasteiger partial charge in [0.25, 0.3) is 5.91 Å². The summed E-state index contributed by atoms with van der Waals surface area (Å²) in [6.45, 7) is 1.17. The molecule has 0 saturated carbocycles. The van der Waals surface area contributed by atoms with Crippen molar-refractivity contribution in [1.29, 1.82) is 0 Å². The summed E-state index contributed by atoms with van der Waals surface area (Å²) in [5, 5.41) is 0. The summed E-state index contributed by atoms with van der Waals surface area (Å²) < 4.78 is 35.4. The van der Waals surface area contributed by atoms with Gasteiger partial charge in [-0.05, 0) is 45.0 Å². The van der Waals surface area contributed by atoms with Crippen molar-refractivity contribution < 1.29 is 37.4 Å². The van der Waals surface area contributed by atoms with E-state index in [0.29, 0.717) is 11.3 Å². The molecule has 2 aliphatic heterocycles. The SMILES string of the molecule is Cc1ccc(OC(F)F)c(C(=O)COC(=O)C23CCC(=O)N2c2ccccc2C(=O)N3C(C)C)c1. The number of halogens is 2. The number of esters is 1. The Morgan fingerprint density at radius 1 is 1.11 bits per heavy atom. The molecule has 1 saturated heterocycles. The van der Waals surface area contributed by atoms with Gasteiger partial charge in [0, 0.05) is 18.9 Å². The summed E-state index contributed by atoms with van der Waals surface area (Å²) in [4.78, 5) is 55.3. The summed E-state index contributed by atoms with van der Waals surface area (Å²) in [5.41, 5.74) is -0.726. The van der Waals surface area contributed by atoms with E-state index < -0.39 is 42.6 Å². The molecule has 2 aliphatic rings. The third-order valence-corrected chi connectivity index (χ3v) is 6.13. The normalized spacial score (nSPS) is 19.2. The van der Waals surface area contributed by atoms with Crippen LogP contribution < -0.4 is 9.64 Å². The minimum Gasteiger partial charge on any atom is -0.454 e. The van der Waals surface area contributed by atoms with Crippen LogP contribution in [-0.4, -0.2) is 53.4 Å². The lowest BCUT2D eigenvalue weighted by molar-refractivity contribution is -0.157. The van der Waals surface area contributed by atoms with Crippen molar-refractivity contribution in [3.63, 3.8) is 0 Å². The summed E-state index contributed by atoms with van der Waals surface area (Å²) in [7, 11) is 0. The molecule has 10 heteroatoms. The highest BCUT2D eigenvalue weighted by Crippen LogP contribution is 2.46. The molecular formula is C25H24F2N2O6. The zero-order valence-electron chi connectivity index (χ0n) is 19.4. The Morgan fingerprint density at radius 2 is 1.83 bits per heavy atom. The third-order valence-electron chi connectivity index (χ3n) is 6.13. The van der Waals surface area contributed by atoms with Gasteiger partial charge in [-0.1, -0.05) is 23.8 Å². The molecule has 2 amide bonds. The maximum atomic E-state index is 13.6. The van der Waals surface area contributed by atoms with Crippen LogP contribution in [0.1, 0.15) is 53.0 Å². The second-order valence-electron chi connectivity index (χ2n) is 8.71. The fourth-order valence-electron chi connectivity index (χ4n) is 4.76. The van der Waals surface area contributed by atoms with Crippen LogP contribution in [0.25, 0.3) is 0 Å². The summed E-state index contributed by atoms with van der Waals surface area (Å²) in [6, 6.07) is 10.1. The van der Waals surface area contributed by atoms with Crippen LogP contribution in [0.3, 0.4) is 0 Å². The van der Waals surface area contributed by atoms with Gasteiger partial charge in [-0.25, -0.2) is 4.79 Å². The van der Waals surface area contributed by atoms with Crippen LogP contribution in [-0.2, 0) is 14.3 Å². The second-order valence-corrected chi connectivity index (χ2v) is 8.71. The molecule has 1 fully saturated rings. The number of Topliss-reactive ketones (excluding diaryl/α,β-unsaturated/α-hetero) is 1. The Labute approximate surface area is 200 Å². The predicted molar refractivity (Wildman–Crippen MR) is 120 cm³/mol. The van der Waals surface area contributed by atoms with E-state index in [9.17, 15) is 28.0 Å². The molecule has 8 nitrogen and oxygen atoms in total. The van der Waals surface area contributed by atoms with E-state index in [1.165, 1.54) is 28.0 Å². The number of rotatable bonds is 7. The molecule has 0 radical (unpaired) electrons. The largest absolute Gasteiger partial charge is 0.454 e. The Morgan fingerprint density at radius 3 is 2.51 bits per heavy atom. The number of alkyl halides is 2. The van der Waals surface area contributed by atoms with Crippen molar-refractivity contribution in [3.8, 4) is 5.75 Å². The van der Waals surface area contributed by atoms with Crippen LogP contribution in [0, 0.1) is 6.92 Å². The monoisotopic (exact) mass is 486 g/mol. The van der Waals surface area contributed by atoms with E-state index in [2.05, 4.69) is 4.74 Å². The number of aryl methyl sites for hydroxylation is 1. The highest BCUT2D eigenvalue weighted by Gasteiger charge is 2.62. The van der Waals surface area contributed by atoms with Gasteiger partial charge >= 0.3 is 12.6 Å². The number of carbonyl (C=O) groups is 4. The average Bonchev–Trinajstić information content (AvgIpc) is 3.16. The number of hydrogen-bond acceptors (Lipinski definition) is 6.